The van der Waals surface area contributed by atoms with Crippen LogP contribution in [0.5, 0.6) is 0 Å². The van der Waals surface area contributed by atoms with Gasteiger partial charge < -0.3 is 5.32 Å². The molecule has 1 N–H and O–H groups in total. The SMILES string of the molecule is Cc1ccc(NC(=O)[C@@H](C)Sc2ccc([N+](=O)[O-])cc2)cc1Cl. The molecule has 0 fully saturated rings. The van der Waals surface area contributed by atoms with Gasteiger partial charge in [-0.2, -0.15) is 0 Å². The van der Waals surface area contributed by atoms with Gasteiger partial charge in [-0.15, -0.1) is 11.8 Å². The van der Waals surface area contributed by atoms with Crippen molar-refractivity contribution in [2.75, 3.05) is 5.32 Å². The molecule has 0 spiro atoms. The number of non-ortho nitro benzene ring substituents is 1. The number of nitro groups is 1. The Morgan fingerprint density at radius 1 is 1.26 bits per heavy atom. The van der Waals surface area contributed by atoms with Gasteiger partial charge in [-0.05, 0) is 43.7 Å². The number of anilines is 1. The van der Waals surface area contributed by atoms with Crippen molar-refractivity contribution in [3.8, 4) is 0 Å². The number of aryl methyl sites for hydroxylation is 1. The standard InChI is InChI=1S/C16H15ClN2O3S/c1-10-3-4-12(9-15(10)17)18-16(20)11(2)23-14-7-5-13(6-8-14)19(21)22/h3-9,11H,1-2H3,(H,18,20)/t11-/m1/s1. The second kappa shape index (κ2) is 7.48. The van der Waals surface area contributed by atoms with Crippen molar-refractivity contribution in [2.45, 2.75) is 24.0 Å². The maximum atomic E-state index is 12.2. The number of hydrogen-bond donors (Lipinski definition) is 1. The van der Waals surface area contributed by atoms with Gasteiger partial charge in [0.2, 0.25) is 5.91 Å². The van der Waals surface area contributed by atoms with Crippen LogP contribution in [-0.2, 0) is 4.79 Å². The number of thioether (sulfide) groups is 1. The van der Waals surface area contributed by atoms with Crippen LogP contribution >= 0.6 is 23.4 Å². The lowest BCUT2D eigenvalue weighted by Crippen LogP contribution is -2.22. The topological polar surface area (TPSA) is 72.2 Å². The van der Waals surface area contributed by atoms with Crippen LogP contribution in [0.3, 0.4) is 0 Å². The second-order valence-corrected chi connectivity index (χ2v) is 6.79. The van der Waals surface area contributed by atoms with Gasteiger partial charge in [-0.3, -0.25) is 14.9 Å². The summed E-state index contributed by atoms with van der Waals surface area (Å²) in [5.41, 5.74) is 1.61. The molecule has 0 saturated carbocycles. The Kier molecular flexibility index (Phi) is 5.63. The molecule has 120 valence electrons. The molecule has 7 heteroatoms. The summed E-state index contributed by atoms with van der Waals surface area (Å²) in [7, 11) is 0. The number of nitro benzene ring substituents is 1. The van der Waals surface area contributed by atoms with Crippen LogP contribution in [0, 0.1) is 17.0 Å². The molecule has 0 bridgehead atoms. The van der Waals surface area contributed by atoms with Crippen molar-refractivity contribution in [1.82, 2.24) is 0 Å². The summed E-state index contributed by atoms with van der Waals surface area (Å²) in [6, 6.07) is 11.5. The normalized spacial score (nSPS) is 11.8. The third-order valence-electron chi connectivity index (χ3n) is 3.17. The number of nitrogens with one attached hydrogen (secondary N) is 1. The molecular weight excluding hydrogens is 336 g/mol. The summed E-state index contributed by atoms with van der Waals surface area (Å²) in [6.45, 7) is 3.66. The predicted octanol–water partition coefficient (Wildman–Crippen LogP) is 4.68. The fraction of sp³-hybridized carbons (Fsp3) is 0.188. The molecule has 23 heavy (non-hydrogen) atoms. The lowest BCUT2D eigenvalue weighted by molar-refractivity contribution is -0.384. The molecule has 5 nitrogen and oxygen atoms in total. The molecule has 1 amide bonds. The van der Waals surface area contributed by atoms with E-state index in [0.29, 0.717) is 10.7 Å². The zero-order valence-corrected chi connectivity index (χ0v) is 14.1. The zero-order valence-electron chi connectivity index (χ0n) is 12.6. The molecule has 0 heterocycles. The lowest BCUT2D eigenvalue weighted by Gasteiger charge is -2.12. The first-order valence-corrected chi connectivity index (χ1v) is 8.10. The first-order chi connectivity index (χ1) is 10.9. The molecule has 0 aromatic heterocycles. The van der Waals surface area contributed by atoms with Crippen molar-refractivity contribution in [3.05, 3.63) is 63.2 Å². The Labute approximate surface area is 143 Å². The summed E-state index contributed by atoms with van der Waals surface area (Å²) in [6.07, 6.45) is 0. The van der Waals surface area contributed by atoms with Gasteiger partial charge in [0.15, 0.2) is 0 Å². The van der Waals surface area contributed by atoms with Crippen LogP contribution in [0.15, 0.2) is 47.4 Å². The lowest BCUT2D eigenvalue weighted by atomic mass is 10.2. The smallest absolute Gasteiger partial charge is 0.269 e. The second-order valence-electron chi connectivity index (χ2n) is 4.96. The molecule has 2 aromatic rings. The quantitative estimate of drug-likeness (QED) is 0.483. The van der Waals surface area contributed by atoms with Crippen LogP contribution in [0.2, 0.25) is 5.02 Å². The highest BCUT2D eigenvalue weighted by molar-refractivity contribution is 8.00. The summed E-state index contributed by atoms with van der Waals surface area (Å²) < 4.78 is 0. The first-order valence-electron chi connectivity index (χ1n) is 6.85. The molecule has 0 aliphatic heterocycles. The van der Waals surface area contributed by atoms with Crippen molar-refractivity contribution in [3.63, 3.8) is 0 Å². The van der Waals surface area contributed by atoms with Crippen molar-refractivity contribution in [1.29, 1.82) is 0 Å². The van der Waals surface area contributed by atoms with Crippen molar-refractivity contribution in [2.24, 2.45) is 0 Å². The number of nitrogens with zero attached hydrogens (tertiary/aromatic N) is 1. The highest BCUT2D eigenvalue weighted by Crippen LogP contribution is 2.27. The average Bonchev–Trinajstić information content (AvgIpc) is 2.51. The molecule has 2 aromatic carbocycles. The number of benzene rings is 2. The van der Waals surface area contributed by atoms with Gasteiger partial charge in [0.25, 0.3) is 5.69 Å². The van der Waals surface area contributed by atoms with E-state index in [2.05, 4.69) is 5.32 Å². The molecule has 2 rings (SSSR count). The maximum Gasteiger partial charge on any atom is 0.269 e. The van der Waals surface area contributed by atoms with E-state index in [-0.39, 0.29) is 16.8 Å². The van der Waals surface area contributed by atoms with Crippen LogP contribution in [0.1, 0.15) is 12.5 Å². The minimum Gasteiger partial charge on any atom is -0.325 e. The van der Waals surface area contributed by atoms with E-state index in [1.165, 1.54) is 23.9 Å². The molecule has 0 aliphatic carbocycles. The van der Waals surface area contributed by atoms with E-state index in [4.69, 9.17) is 11.6 Å². The molecule has 1 atom stereocenters. The Hall–Kier alpha value is -2.05. The molecular formula is C16H15ClN2O3S. The maximum absolute atomic E-state index is 12.2. The highest BCUT2D eigenvalue weighted by atomic mass is 35.5. The van der Waals surface area contributed by atoms with Crippen molar-refractivity contribution < 1.29 is 9.72 Å². The highest BCUT2D eigenvalue weighted by Gasteiger charge is 2.15. The van der Waals surface area contributed by atoms with E-state index in [1.54, 1.807) is 31.2 Å². The van der Waals surface area contributed by atoms with E-state index >= 15 is 0 Å². The number of carbonyl (C=O) groups is 1. The predicted molar refractivity (Wildman–Crippen MR) is 93.2 cm³/mol. The van der Waals surface area contributed by atoms with Crippen LogP contribution in [0.25, 0.3) is 0 Å². The summed E-state index contributed by atoms with van der Waals surface area (Å²) in [4.78, 5) is 23.2. The van der Waals surface area contributed by atoms with E-state index in [9.17, 15) is 14.9 Å². The Morgan fingerprint density at radius 3 is 2.48 bits per heavy atom. The van der Waals surface area contributed by atoms with Crippen molar-refractivity contribution >= 4 is 40.6 Å². The van der Waals surface area contributed by atoms with Crippen LogP contribution in [0.4, 0.5) is 11.4 Å². The van der Waals surface area contributed by atoms with Gasteiger partial charge in [0.05, 0.1) is 10.2 Å². The van der Waals surface area contributed by atoms with Gasteiger partial charge in [0.1, 0.15) is 0 Å². The Bertz CT molecular complexity index is 735. The fourth-order valence-corrected chi connectivity index (χ4v) is 2.87. The number of amides is 1. The fourth-order valence-electron chi connectivity index (χ4n) is 1.82. The zero-order chi connectivity index (χ0) is 17.0. The first kappa shape index (κ1) is 17.3. The summed E-state index contributed by atoms with van der Waals surface area (Å²) in [5.74, 6) is -0.159. The number of hydrogen-bond acceptors (Lipinski definition) is 4. The average molecular weight is 351 g/mol. The third-order valence-corrected chi connectivity index (χ3v) is 4.69. The van der Waals surface area contributed by atoms with Crippen LogP contribution in [-0.4, -0.2) is 16.1 Å². The van der Waals surface area contributed by atoms with E-state index in [0.717, 1.165) is 10.5 Å². The minimum atomic E-state index is -0.453. The molecule has 0 saturated heterocycles. The summed E-state index contributed by atoms with van der Waals surface area (Å²) in [5, 5.41) is 13.7. The van der Waals surface area contributed by atoms with Gasteiger partial charge in [-0.25, -0.2) is 0 Å². The van der Waals surface area contributed by atoms with E-state index < -0.39 is 4.92 Å². The van der Waals surface area contributed by atoms with Gasteiger partial charge >= 0.3 is 0 Å². The third kappa shape index (κ3) is 4.71. The van der Waals surface area contributed by atoms with Crippen LogP contribution < -0.4 is 5.32 Å². The number of carbonyl (C=O) groups excluding carboxylic acids is 1. The van der Waals surface area contributed by atoms with Gasteiger partial charge in [-0.1, -0.05) is 17.7 Å². The Balaban J connectivity index is 1.99. The minimum absolute atomic E-state index is 0.0285. The van der Waals surface area contributed by atoms with Gasteiger partial charge in [0, 0.05) is 27.7 Å². The molecule has 0 radical (unpaired) electrons. The number of rotatable bonds is 5. The molecule has 0 unspecified atom stereocenters. The Morgan fingerprint density at radius 2 is 1.91 bits per heavy atom. The molecule has 0 aliphatic rings. The monoisotopic (exact) mass is 350 g/mol. The van der Waals surface area contributed by atoms with E-state index in [1.807, 2.05) is 13.0 Å². The number of halogens is 1. The largest absolute Gasteiger partial charge is 0.325 e. The summed E-state index contributed by atoms with van der Waals surface area (Å²) >= 11 is 7.37.